The number of non-ortho nitro benzene ring substituents is 1. The fraction of sp³-hybridized carbons (Fsp3) is 0.120. The average molecular weight is 479 g/mol. The summed E-state index contributed by atoms with van der Waals surface area (Å²) in [6.45, 7) is 0.170. The molecule has 0 aliphatic carbocycles. The molecular weight excluding hydrogens is 460 g/mol. The third-order valence-corrected chi connectivity index (χ3v) is 5.89. The predicted octanol–water partition coefficient (Wildman–Crippen LogP) is 4.62. The van der Waals surface area contributed by atoms with Crippen LogP contribution in [-0.4, -0.2) is 38.3 Å². The van der Waals surface area contributed by atoms with E-state index in [1.54, 1.807) is 24.3 Å². The van der Waals surface area contributed by atoms with Crippen LogP contribution in [0, 0.1) is 10.1 Å². The van der Waals surface area contributed by atoms with E-state index in [0.29, 0.717) is 17.0 Å². The van der Waals surface area contributed by atoms with E-state index in [2.05, 4.69) is 0 Å². The Labute approximate surface area is 199 Å². The molecule has 172 valence electrons. The van der Waals surface area contributed by atoms with Crippen LogP contribution >= 0.6 is 11.6 Å². The summed E-state index contributed by atoms with van der Waals surface area (Å²) in [7, 11) is 0. The number of amides is 1. The van der Waals surface area contributed by atoms with Crippen LogP contribution in [0.15, 0.2) is 78.4 Å². The quantitative estimate of drug-likeness (QED) is 0.175. The number of ketones is 1. The first-order valence-electron chi connectivity index (χ1n) is 10.3. The number of phenolic OH excluding ortho intramolecular Hbond substituents is 1. The van der Waals surface area contributed by atoms with Crippen molar-refractivity contribution in [3.63, 3.8) is 0 Å². The Hall–Kier alpha value is -4.17. The van der Waals surface area contributed by atoms with Gasteiger partial charge in [-0.1, -0.05) is 48.0 Å². The van der Waals surface area contributed by atoms with E-state index in [-0.39, 0.29) is 29.1 Å². The Morgan fingerprint density at radius 2 is 1.71 bits per heavy atom. The number of carbonyl (C=O) groups excluding carboxylic acids is 2. The van der Waals surface area contributed by atoms with Crippen LogP contribution in [0.3, 0.4) is 0 Å². The number of likely N-dealkylation sites (tertiary alicyclic amines) is 1. The number of hydrogen-bond donors (Lipinski definition) is 2. The summed E-state index contributed by atoms with van der Waals surface area (Å²) in [6.07, 6.45) is 0.426. The fourth-order valence-electron chi connectivity index (χ4n) is 3.94. The Morgan fingerprint density at radius 3 is 2.35 bits per heavy atom. The van der Waals surface area contributed by atoms with Crippen LogP contribution < -0.4 is 0 Å². The van der Waals surface area contributed by atoms with E-state index in [9.17, 15) is 29.9 Å². The molecule has 1 unspecified atom stereocenters. The molecule has 3 aromatic rings. The lowest BCUT2D eigenvalue weighted by Gasteiger charge is -2.25. The van der Waals surface area contributed by atoms with Crippen molar-refractivity contribution in [3.05, 3.63) is 110 Å². The van der Waals surface area contributed by atoms with Crippen molar-refractivity contribution in [2.24, 2.45) is 0 Å². The molecule has 1 amide bonds. The van der Waals surface area contributed by atoms with Crippen molar-refractivity contribution in [1.82, 2.24) is 4.90 Å². The van der Waals surface area contributed by atoms with E-state index in [4.69, 9.17) is 11.6 Å². The second-order valence-electron chi connectivity index (χ2n) is 7.77. The second-order valence-corrected chi connectivity index (χ2v) is 8.20. The molecule has 1 atom stereocenters. The van der Waals surface area contributed by atoms with Crippen LogP contribution in [0.5, 0.6) is 5.75 Å². The Balaban J connectivity index is 1.78. The van der Waals surface area contributed by atoms with Crippen LogP contribution in [-0.2, 0) is 16.0 Å². The molecule has 8 nitrogen and oxygen atoms in total. The number of aliphatic hydroxyl groups is 1. The molecule has 34 heavy (non-hydrogen) atoms. The second kappa shape index (κ2) is 9.36. The zero-order valence-corrected chi connectivity index (χ0v) is 18.5. The number of carbonyl (C=O) groups is 2. The van der Waals surface area contributed by atoms with E-state index in [1.807, 2.05) is 12.1 Å². The number of aromatic hydroxyl groups is 1. The lowest BCUT2D eigenvalue weighted by atomic mass is 9.95. The highest BCUT2D eigenvalue weighted by Gasteiger charge is 2.45. The monoisotopic (exact) mass is 478 g/mol. The summed E-state index contributed by atoms with van der Waals surface area (Å²) in [5, 5.41) is 32.5. The van der Waals surface area contributed by atoms with Gasteiger partial charge in [0.15, 0.2) is 0 Å². The first kappa shape index (κ1) is 23.0. The van der Waals surface area contributed by atoms with E-state index in [1.165, 1.54) is 35.2 Å². The maximum atomic E-state index is 13.0. The normalized spacial score (nSPS) is 17.2. The number of nitro groups is 1. The molecule has 1 fully saturated rings. The van der Waals surface area contributed by atoms with Gasteiger partial charge in [-0.3, -0.25) is 19.7 Å². The van der Waals surface area contributed by atoms with Crippen molar-refractivity contribution in [3.8, 4) is 5.75 Å². The summed E-state index contributed by atoms with van der Waals surface area (Å²) in [5.74, 6) is -2.19. The van der Waals surface area contributed by atoms with Gasteiger partial charge < -0.3 is 15.1 Å². The van der Waals surface area contributed by atoms with Gasteiger partial charge in [0.25, 0.3) is 17.4 Å². The van der Waals surface area contributed by atoms with Gasteiger partial charge in [-0.05, 0) is 41.8 Å². The Morgan fingerprint density at radius 1 is 1.03 bits per heavy atom. The molecule has 1 aliphatic rings. The molecule has 1 heterocycles. The van der Waals surface area contributed by atoms with Gasteiger partial charge in [0.2, 0.25) is 0 Å². The number of halogens is 1. The van der Waals surface area contributed by atoms with Crippen molar-refractivity contribution < 1.29 is 24.7 Å². The standard InChI is InChI=1S/C25H19ClN2O6/c26-18-8-4-15(5-9-18)12-13-27-22(16-6-10-20(29)11-7-16)21(24(31)25(27)32)23(30)17-2-1-3-19(14-17)28(33)34/h1-11,14,22,29-30H,12-13H2/b23-21-. The van der Waals surface area contributed by atoms with Crippen LogP contribution in [0.2, 0.25) is 5.02 Å². The first-order chi connectivity index (χ1) is 16.3. The Kier molecular flexibility index (Phi) is 6.34. The molecule has 0 radical (unpaired) electrons. The number of rotatable bonds is 6. The number of phenols is 1. The van der Waals surface area contributed by atoms with Crippen molar-refractivity contribution >= 4 is 34.7 Å². The lowest BCUT2D eigenvalue weighted by Crippen LogP contribution is -2.31. The highest BCUT2D eigenvalue weighted by molar-refractivity contribution is 6.46. The summed E-state index contributed by atoms with van der Waals surface area (Å²) in [5.41, 5.74) is 1.01. The largest absolute Gasteiger partial charge is 0.508 e. The molecule has 1 saturated heterocycles. The summed E-state index contributed by atoms with van der Waals surface area (Å²) < 4.78 is 0. The zero-order valence-electron chi connectivity index (χ0n) is 17.7. The topological polar surface area (TPSA) is 121 Å². The first-order valence-corrected chi connectivity index (χ1v) is 10.7. The molecule has 0 spiro atoms. The van der Waals surface area contributed by atoms with Crippen molar-refractivity contribution in [1.29, 1.82) is 0 Å². The van der Waals surface area contributed by atoms with Gasteiger partial charge >= 0.3 is 0 Å². The smallest absolute Gasteiger partial charge is 0.295 e. The van der Waals surface area contributed by atoms with E-state index in [0.717, 1.165) is 11.6 Å². The van der Waals surface area contributed by atoms with Crippen LogP contribution in [0.1, 0.15) is 22.7 Å². The van der Waals surface area contributed by atoms with Crippen LogP contribution in [0.4, 0.5) is 5.69 Å². The van der Waals surface area contributed by atoms with Gasteiger partial charge in [-0.2, -0.15) is 0 Å². The molecule has 0 bridgehead atoms. The van der Waals surface area contributed by atoms with Crippen LogP contribution in [0.25, 0.3) is 5.76 Å². The lowest BCUT2D eigenvalue weighted by molar-refractivity contribution is -0.384. The average Bonchev–Trinajstić information content (AvgIpc) is 3.08. The number of benzene rings is 3. The highest BCUT2D eigenvalue weighted by atomic mass is 35.5. The number of hydrogen-bond acceptors (Lipinski definition) is 6. The fourth-order valence-corrected chi connectivity index (χ4v) is 4.06. The zero-order chi connectivity index (χ0) is 24.4. The van der Waals surface area contributed by atoms with Gasteiger partial charge in [0.1, 0.15) is 11.5 Å². The van der Waals surface area contributed by atoms with E-state index >= 15 is 0 Å². The molecule has 9 heteroatoms. The maximum absolute atomic E-state index is 13.0. The van der Waals surface area contributed by atoms with Gasteiger partial charge in [0.05, 0.1) is 16.5 Å². The summed E-state index contributed by atoms with van der Waals surface area (Å²) >= 11 is 5.93. The molecule has 1 aliphatic heterocycles. The predicted molar refractivity (Wildman–Crippen MR) is 125 cm³/mol. The number of nitrogens with zero attached hydrogens (tertiary/aromatic N) is 2. The Bertz CT molecular complexity index is 1300. The van der Waals surface area contributed by atoms with Gasteiger partial charge in [-0.15, -0.1) is 0 Å². The third-order valence-electron chi connectivity index (χ3n) is 5.63. The minimum absolute atomic E-state index is 0.000509. The van der Waals surface area contributed by atoms with Crippen molar-refractivity contribution in [2.75, 3.05) is 6.54 Å². The van der Waals surface area contributed by atoms with E-state index < -0.39 is 28.4 Å². The summed E-state index contributed by atoms with van der Waals surface area (Å²) in [6, 6.07) is 17.3. The maximum Gasteiger partial charge on any atom is 0.295 e. The number of nitro benzene ring substituents is 1. The molecular formula is C25H19ClN2O6. The molecule has 3 aromatic carbocycles. The van der Waals surface area contributed by atoms with Gasteiger partial charge in [-0.25, -0.2) is 0 Å². The molecule has 4 rings (SSSR count). The minimum atomic E-state index is -0.938. The van der Waals surface area contributed by atoms with Gasteiger partial charge in [0, 0.05) is 29.3 Å². The highest BCUT2D eigenvalue weighted by Crippen LogP contribution is 2.40. The molecule has 0 saturated carbocycles. The molecule has 2 N–H and O–H groups in total. The SMILES string of the molecule is O=C1C(=O)N(CCc2ccc(Cl)cc2)C(c2ccc(O)cc2)/C1=C(/O)c1cccc([N+](=O)[O-])c1. The molecule has 0 aromatic heterocycles. The number of Topliss-reactive ketones (excluding diaryl/α,β-unsaturated/α-hetero) is 1. The van der Waals surface area contributed by atoms with Crippen molar-refractivity contribution in [2.45, 2.75) is 12.5 Å². The minimum Gasteiger partial charge on any atom is -0.508 e. The summed E-state index contributed by atoms with van der Waals surface area (Å²) in [4.78, 5) is 38.0. The number of aliphatic hydroxyl groups excluding tert-OH is 1. The third kappa shape index (κ3) is 4.49.